The first kappa shape index (κ1) is 13.7. The van der Waals surface area contributed by atoms with Gasteiger partial charge in [-0.2, -0.15) is 0 Å². The fourth-order valence-electron chi connectivity index (χ4n) is 1.60. The number of para-hydroxylation sites is 1. The number of anilines is 1. The topological polar surface area (TPSA) is 32.3 Å². The summed E-state index contributed by atoms with van der Waals surface area (Å²) in [4.78, 5) is 12.1. The highest BCUT2D eigenvalue weighted by Crippen LogP contribution is 2.20. The van der Waals surface area contributed by atoms with Crippen molar-refractivity contribution in [2.45, 2.75) is 0 Å². The van der Waals surface area contributed by atoms with Crippen LogP contribution in [0.2, 0.25) is 10.0 Å². The molecule has 0 bridgehead atoms. The van der Waals surface area contributed by atoms with E-state index < -0.39 is 0 Å². The largest absolute Gasteiger partial charge is 0.288 e. The molecule has 1 N–H and O–H groups in total. The van der Waals surface area contributed by atoms with Crippen LogP contribution in [-0.4, -0.2) is 13.0 Å². The van der Waals surface area contributed by atoms with Gasteiger partial charge in [0, 0.05) is 12.1 Å². The van der Waals surface area contributed by atoms with Crippen LogP contribution < -0.4 is 10.4 Å². The minimum Gasteiger partial charge on any atom is -0.288 e. The molecule has 5 heteroatoms. The van der Waals surface area contributed by atoms with Crippen LogP contribution >= 0.6 is 23.2 Å². The average Bonchev–Trinajstić information content (AvgIpc) is 2.42. The van der Waals surface area contributed by atoms with E-state index in [1.807, 2.05) is 30.3 Å². The second-order valence-electron chi connectivity index (χ2n) is 3.96. The normalized spacial score (nSPS) is 10.1. The van der Waals surface area contributed by atoms with Gasteiger partial charge >= 0.3 is 0 Å². The molecule has 0 aliphatic heterocycles. The SMILES string of the molecule is CN(NC(=O)c1cc(Cl)ccc1Cl)c1ccccc1. The molecule has 0 atom stereocenters. The minimum absolute atomic E-state index is 0.307. The van der Waals surface area contributed by atoms with Gasteiger partial charge in [-0.25, -0.2) is 0 Å². The molecule has 19 heavy (non-hydrogen) atoms. The van der Waals surface area contributed by atoms with Crippen molar-refractivity contribution < 1.29 is 4.79 Å². The fraction of sp³-hybridized carbons (Fsp3) is 0.0714. The van der Waals surface area contributed by atoms with Gasteiger partial charge in [0.2, 0.25) is 0 Å². The van der Waals surface area contributed by atoms with E-state index in [4.69, 9.17) is 23.2 Å². The summed E-state index contributed by atoms with van der Waals surface area (Å²) < 4.78 is 0. The van der Waals surface area contributed by atoms with Crippen molar-refractivity contribution in [1.29, 1.82) is 0 Å². The van der Waals surface area contributed by atoms with Crippen molar-refractivity contribution in [2.75, 3.05) is 12.1 Å². The van der Waals surface area contributed by atoms with Gasteiger partial charge in [-0.3, -0.25) is 15.2 Å². The van der Waals surface area contributed by atoms with Crippen LogP contribution in [-0.2, 0) is 0 Å². The molecule has 0 radical (unpaired) electrons. The lowest BCUT2D eigenvalue weighted by atomic mass is 10.2. The number of rotatable bonds is 3. The molecule has 0 fully saturated rings. The summed E-state index contributed by atoms with van der Waals surface area (Å²) in [7, 11) is 1.76. The maximum Gasteiger partial charge on any atom is 0.271 e. The number of nitrogens with zero attached hydrogens (tertiary/aromatic N) is 1. The van der Waals surface area contributed by atoms with E-state index in [2.05, 4.69) is 5.43 Å². The number of hydrazine groups is 1. The Morgan fingerprint density at radius 2 is 1.79 bits per heavy atom. The Morgan fingerprint density at radius 1 is 1.11 bits per heavy atom. The Balaban J connectivity index is 2.15. The van der Waals surface area contributed by atoms with Crippen molar-refractivity contribution in [3.63, 3.8) is 0 Å². The molecule has 0 aliphatic carbocycles. The molecule has 2 rings (SSSR count). The Hall–Kier alpha value is -1.71. The van der Waals surface area contributed by atoms with Gasteiger partial charge in [-0.1, -0.05) is 41.4 Å². The molecular formula is C14H12Cl2N2O. The summed E-state index contributed by atoms with van der Waals surface area (Å²) in [5.74, 6) is -0.307. The zero-order chi connectivity index (χ0) is 13.8. The molecule has 0 heterocycles. The smallest absolute Gasteiger partial charge is 0.271 e. The highest BCUT2D eigenvalue weighted by molar-refractivity contribution is 6.35. The summed E-state index contributed by atoms with van der Waals surface area (Å²) in [6.45, 7) is 0. The minimum atomic E-state index is -0.307. The number of nitrogens with one attached hydrogen (secondary N) is 1. The van der Waals surface area contributed by atoms with E-state index in [0.29, 0.717) is 15.6 Å². The van der Waals surface area contributed by atoms with Crippen LogP contribution in [0.25, 0.3) is 0 Å². The molecule has 98 valence electrons. The standard InChI is InChI=1S/C14H12Cl2N2O/c1-18(11-5-3-2-4-6-11)17-14(19)12-9-10(15)7-8-13(12)16/h2-9H,1H3,(H,17,19). The maximum atomic E-state index is 12.1. The second kappa shape index (κ2) is 5.95. The number of hydrogen-bond acceptors (Lipinski definition) is 2. The van der Waals surface area contributed by atoms with Crippen molar-refractivity contribution in [3.8, 4) is 0 Å². The van der Waals surface area contributed by atoms with Crippen LogP contribution in [0.1, 0.15) is 10.4 Å². The van der Waals surface area contributed by atoms with E-state index >= 15 is 0 Å². The number of benzene rings is 2. The predicted molar refractivity (Wildman–Crippen MR) is 78.8 cm³/mol. The van der Waals surface area contributed by atoms with E-state index in [1.54, 1.807) is 24.2 Å². The highest BCUT2D eigenvalue weighted by Gasteiger charge is 2.12. The Labute approximate surface area is 121 Å². The molecule has 0 aliphatic rings. The average molecular weight is 295 g/mol. The van der Waals surface area contributed by atoms with Crippen molar-refractivity contribution in [2.24, 2.45) is 0 Å². The Morgan fingerprint density at radius 3 is 2.47 bits per heavy atom. The molecule has 0 saturated heterocycles. The van der Waals surface area contributed by atoms with Gasteiger partial charge in [-0.05, 0) is 30.3 Å². The van der Waals surface area contributed by atoms with Gasteiger partial charge < -0.3 is 0 Å². The van der Waals surface area contributed by atoms with Crippen molar-refractivity contribution in [1.82, 2.24) is 5.43 Å². The zero-order valence-corrected chi connectivity index (χ0v) is 11.7. The van der Waals surface area contributed by atoms with Gasteiger partial charge in [0.15, 0.2) is 0 Å². The summed E-state index contributed by atoms with van der Waals surface area (Å²) in [5.41, 5.74) is 3.95. The fourth-order valence-corrected chi connectivity index (χ4v) is 1.98. The molecule has 0 saturated carbocycles. The third-order valence-corrected chi connectivity index (χ3v) is 3.15. The molecule has 0 aromatic heterocycles. The third-order valence-electron chi connectivity index (χ3n) is 2.59. The van der Waals surface area contributed by atoms with E-state index in [-0.39, 0.29) is 5.91 Å². The summed E-state index contributed by atoms with van der Waals surface area (Å²) >= 11 is 11.8. The molecule has 0 unspecified atom stereocenters. The van der Waals surface area contributed by atoms with Crippen LogP contribution in [0.3, 0.4) is 0 Å². The number of carbonyl (C=O) groups excluding carboxylic acids is 1. The predicted octanol–water partition coefficient (Wildman–Crippen LogP) is 3.77. The number of halogens is 2. The first-order chi connectivity index (χ1) is 9.08. The summed E-state index contributed by atoms with van der Waals surface area (Å²) in [6.07, 6.45) is 0. The zero-order valence-electron chi connectivity index (χ0n) is 10.2. The quantitative estimate of drug-likeness (QED) is 0.874. The molecule has 2 aromatic rings. The first-order valence-corrected chi connectivity index (χ1v) is 6.38. The number of carbonyl (C=O) groups is 1. The lowest BCUT2D eigenvalue weighted by Crippen LogP contribution is -2.39. The van der Waals surface area contributed by atoms with Gasteiger partial charge in [0.25, 0.3) is 5.91 Å². The van der Waals surface area contributed by atoms with E-state index in [0.717, 1.165) is 5.69 Å². The first-order valence-electron chi connectivity index (χ1n) is 5.63. The lowest BCUT2D eigenvalue weighted by Gasteiger charge is -2.20. The molecule has 1 amide bonds. The van der Waals surface area contributed by atoms with Crippen molar-refractivity contribution in [3.05, 3.63) is 64.1 Å². The third kappa shape index (κ3) is 3.40. The lowest BCUT2D eigenvalue weighted by molar-refractivity contribution is 0.0951. The van der Waals surface area contributed by atoms with Crippen LogP contribution in [0.4, 0.5) is 5.69 Å². The van der Waals surface area contributed by atoms with Crippen LogP contribution in [0.5, 0.6) is 0 Å². The number of amides is 1. The molecule has 3 nitrogen and oxygen atoms in total. The monoisotopic (exact) mass is 294 g/mol. The maximum absolute atomic E-state index is 12.1. The van der Waals surface area contributed by atoms with Gasteiger partial charge in [-0.15, -0.1) is 0 Å². The number of hydrogen-bond donors (Lipinski definition) is 1. The van der Waals surface area contributed by atoms with Crippen LogP contribution in [0, 0.1) is 0 Å². The molecule has 0 spiro atoms. The van der Waals surface area contributed by atoms with E-state index in [1.165, 1.54) is 6.07 Å². The summed E-state index contributed by atoms with van der Waals surface area (Å²) in [5, 5.41) is 2.46. The highest BCUT2D eigenvalue weighted by atomic mass is 35.5. The Kier molecular flexibility index (Phi) is 4.30. The van der Waals surface area contributed by atoms with Gasteiger partial charge in [0.1, 0.15) is 0 Å². The van der Waals surface area contributed by atoms with Crippen LogP contribution in [0.15, 0.2) is 48.5 Å². The van der Waals surface area contributed by atoms with Crippen molar-refractivity contribution >= 4 is 34.8 Å². The molecule has 2 aromatic carbocycles. The van der Waals surface area contributed by atoms with E-state index in [9.17, 15) is 4.79 Å². The summed E-state index contributed by atoms with van der Waals surface area (Å²) in [6, 6.07) is 14.3. The molecular weight excluding hydrogens is 283 g/mol. The van der Waals surface area contributed by atoms with Gasteiger partial charge in [0.05, 0.1) is 16.3 Å². The Bertz CT molecular complexity index is 587. The second-order valence-corrected chi connectivity index (χ2v) is 4.80.